The van der Waals surface area contributed by atoms with Crippen molar-refractivity contribution in [3.05, 3.63) is 18.2 Å². The van der Waals surface area contributed by atoms with Gasteiger partial charge in [0, 0.05) is 5.69 Å². The van der Waals surface area contributed by atoms with Gasteiger partial charge in [-0.15, -0.1) is 0 Å². The second-order valence-electron chi connectivity index (χ2n) is 2.27. The van der Waals surface area contributed by atoms with Gasteiger partial charge in [0.25, 0.3) is 10.1 Å². The van der Waals surface area contributed by atoms with Crippen LogP contribution >= 0.6 is 0 Å². The van der Waals surface area contributed by atoms with E-state index in [0.29, 0.717) is 5.69 Å². The molecule has 5 nitrogen and oxygen atoms in total. The Kier molecular flexibility index (Phi) is 3.82. The summed E-state index contributed by atoms with van der Waals surface area (Å²) in [5.74, 6) is 0. The Hall–Kier alpha value is -0.673. The van der Waals surface area contributed by atoms with E-state index in [-0.39, 0.29) is 29.4 Å². The average Bonchev–Trinajstić information content (AvgIpc) is 1.83. The van der Waals surface area contributed by atoms with Crippen LogP contribution in [0.1, 0.15) is 0 Å². The fourth-order valence-corrected chi connectivity index (χ4v) is 1.40. The van der Waals surface area contributed by atoms with Gasteiger partial charge in [-0.05, 0) is 18.2 Å². The van der Waals surface area contributed by atoms with Crippen LogP contribution in [0.25, 0.3) is 0 Å². The number of hydrogen-bond donors (Lipinski definition) is 3. The predicted octanol–water partition coefficient (Wildman–Crippen LogP) is -0.551. The number of rotatable bonds is 1. The molecule has 1 rings (SSSR count). The van der Waals surface area contributed by atoms with Crippen molar-refractivity contribution >= 4 is 40.4 Å². The Balaban J connectivity index is 0.00000144. The molecule has 7 heteroatoms. The van der Waals surface area contributed by atoms with Crippen molar-refractivity contribution in [2.24, 2.45) is 0 Å². The van der Waals surface area contributed by atoms with Crippen LogP contribution in [-0.2, 0) is 10.1 Å². The Morgan fingerprint density at radius 2 is 1.77 bits per heavy atom. The molecule has 0 aromatic heterocycles. The molecule has 0 atom stereocenters. The molecule has 0 spiro atoms. The molecule has 0 radical (unpaired) electrons. The minimum atomic E-state index is -4.23. The first-order valence-corrected chi connectivity index (χ1v) is 4.48. The van der Waals surface area contributed by atoms with Gasteiger partial charge in [-0.25, -0.2) is 0 Å². The summed E-state index contributed by atoms with van der Waals surface area (Å²) in [4.78, 5) is -0.322. The summed E-state index contributed by atoms with van der Waals surface area (Å²) in [6.07, 6.45) is 0. The summed E-state index contributed by atoms with van der Waals surface area (Å²) in [6.45, 7) is 0. The van der Waals surface area contributed by atoms with Crippen molar-refractivity contribution in [3.63, 3.8) is 0 Å². The van der Waals surface area contributed by atoms with Crippen LogP contribution in [0.5, 0.6) is 0 Å². The van der Waals surface area contributed by atoms with E-state index in [1.807, 2.05) is 0 Å². The van der Waals surface area contributed by atoms with Crippen LogP contribution in [0, 0.1) is 0 Å². The Morgan fingerprint density at radius 1 is 1.23 bits per heavy atom. The first-order valence-electron chi connectivity index (χ1n) is 3.04. The molecule has 0 aliphatic rings. The van der Waals surface area contributed by atoms with E-state index in [1.54, 1.807) is 0 Å². The molecule has 0 heterocycles. The quantitative estimate of drug-likeness (QED) is 0.317. The van der Waals surface area contributed by atoms with E-state index in [2.05, 4.69) is 0 Å². The van der Waals surface area contributed by atoms with Crippen molar-refractivity contribution in [1.82, 2.24) is 0 Å². The van der Waals surface area contributed by atoms with Gasteiger partial charge in [0.05, 0.1) is 5.69 Å². The van der Waals surface area contributed by atoms with Crippen LogP contribution < -0.4 is 11.5 Å². The average molecular weight is 196 g/mol. The number of benzene rings is 1. The van der Waals surface area contributed by atoms with Gasteiger partial charge in [-0.2, -0.15) is 8.42 Å². The molecule has 5 N–H and O–H groups in total. The topological polar surface area (TPSA) is 106 Å². The van der Waals surface area contributed by atoms with Gasteiger partial charge >= 0.3 is 18.9 Å². The van der Waals surface area contributed by atoms with Crippen molar-refractivity contribution in [1.29, 1.82) is 0 Å². The molecule has 0 aliphatic carbocycles. The molecular formula is C6H9LiN2O3S. The first-order chi connectivity index (χ1) is 5.41. The summed E-state index contributed by atoms with van der Waals surface area (Å²) in [7, 11) is -4.23. The molecule has 0 bridgehead atoms. The minimum absolute atomic E-state index is 0. The Morgan fingerprint density at radius 3 is 2.15 bits per heavy atom. The molecule has 0 fully saturated rings. The van der Waals surface area contributed by atoms with Crippen LogP contribution in [-0.4, -0.2) is 31.8 Å². The van der Waals surface area contributed by atoms with Crippen LogP contribution in [0.2, 0.25) is 0 Å². The van der Waals surface area contributed by atoms with Crippen molar-refractivity contribution in [2.75, 3.05) is 11.5 Å². The molecule has 0 amide bonds. The van der Waals surface area contributed by atoms with Crippen LogP contribution in [0.15, 0.2) is 23.1 Å². The molecule has 1 aromatic rings. The summed E-state index contributed by atoms with van der Waals surface area (Å²) in [6, 6.07) is 3.77. The van der Waals surface area contributed by atoms with Gasteiger partial charge in [0.1, 0.15) is 4.90 Å². The number of hydrogen-bond acceptors (Lipinski definition) is 4. The van der Waals surface area contributed by atoms with Gasteiger partial charge in [0.15, 0.2) is 0 Å². The molecule has 1 aromatic carbocycles. The summed E-state index contributed by atoms with van der Waals surface area (Å²) < 4.78 is 29.8. The molecule has 0 saturated carbocycles. The third-order valence-corrected chi connectivity index (χ3v) is 2.24. The SMILES string of the molecule is Nc1ccc(S(=O)(=O)O)c(N)c1.[LiH]. The Bertz CT molecular complexity index is 404. The maximum atomic E-state index is 10.6. The van der Waals surface area contributed by atoms with Crippen molar-refractivity contribution in [3.8, 4) is 0 Å². The molecule has 0 aliphatic heterocycles. The van der Waals surface area contributed by atoms with Gasteiger partial charge in [-0.3, -0.25) is 4.55 Å². The Labute approximate surface area is 88.0 Å². The van der Waals surface area contributed by atoms with Crippen molar-refractivity contribution < 1.29 is 13.0 Å². The zero-order chi connectivity index (χ0) is 9.35. The molecule has 68 valence electrons. The van der Waals surface area contributed by atoms with Crippen LogP contribution in [0.3, 0.4) is 0 Å². The standard InChI is InChI=1S/C6H8N2O3S.Li.H/c7-4-1-2-6(5(8)3-4)12(9,10)11;;/h1-3H,7-8H2,(H,9,10,11);;. The molecule has 13 heavy (non-hydrogen) atoms. The normalized spacial score (nSPS) is 10.5. The summed E-state index contributed by atoms with van der Waals surface area (Å²) in [5.41, 5.74) is 10.9. The molecule has 0 saturated heterocycles. The van der Waals surface area contributed by atoms with E-state index in [9.17, 15) is 8.42 Å². The fourth-order valence-electron chi connectivity index (χ4n) is 0.802. The van der Waals surface area contributed by atoms with Gasteiger partial charge in [-0.1, -0.05) is 0 Å². The summed E-state index contributed by atoms with van der Waals surface area (Å²) in [5, 5.41) is 0. The van der Waals surface area contributed by atoms with Gasteiger partial charge < -0.3 is 11.5 Å². The van der Waals surface area contributed by atoms with E-state index in [1.165, 1.54) is 12.1 Å². The monoisotopic (exact) mass is 196 g/mol. The second kappa shape index (κ2) is 4.02. The summed E-state index contributed by atoms with van der Waals surface area (Å²) >= 11 is 0. The fraction of sp³-hybridized carbons (Fsp3) is 0. The van der Waals surface area contributed by atoms with E-state index >= 15 is 0 Å². The zero-order valence-corrected chi connectivity index (χ0v) is 6.88. The third kappa shape index (κ3) is 2.93. The predicted molar refractivity (Wildman–Crippen MR) is 52.2 cm³/mol. The third-order valence-electron chi connectivity index (χ3n) is 1.31. The van der Waals surface area contributed by atoms with E-state index in [0.717, 1.165) is 6.07 Å². The number of nitrogen functional groups attached to an aromatic ring is 2. The zero-order valence-electron chi connectivity index (χ0n) is 6.06. The van der Waals surface area contributed by atoms with Crippen LogP contribution in [0.4, 0.5) is 11.4 Å². The molecule has 0 unspecified atom stereocenters. The first kappa shape index (κ1) is 12.3. The van der Waals surface area contributed by atoms with E-state index in [4.69, 9.17) is 16.0 Å². The van der Waals surface area contributed by atoms with Gasteiger partial charge in [0.2, 0.25) is 0 Å². The van der Waals surface area contributed by atoms with Crippen molar-refractivity contribution in [2.45, 2.75) is 4.90 Å². The molecular weight excluding hydrogens is 187 g/mol. The van der Waals surface area contributed by atoms with E-state index < -0.39 is 10.1 Å². The number of anilines is 2. The second-order valence-corrected chi connectivity index (χ2v) is 3.66. The number of nitrogens with two attached hydrogens (primary N) is 2. The maximum absolute atomic E-state index is 10.6.